The molecule has 8 heteroatoms. The molecule has 0 aromatic heterocycles. The molecule has 0 spiro atoms. The van der Waals surface area contributed by atoms with E-state index in [0.29, 0.717) is 30.8 Å². The van der Waals surface area contributed by atoms with E-state index in [1.165, 1.54) is 15.3 Å². The molecule has 0 saturated heterocycles. The third kappa shape index (κ3) is 4.95. The van der Waals surface area contributed by atoms with Gasteiger partial charge in [0.05, 0.1) is 17.5 Å². The normalized spacial score (nSPS) is 13.1. The highest BCUT2D eigenvalue weighted by Gasteiger charge is 2.27. The predicted molar refractivity (Wildman–Crippen MR) is 110 cm³/mol. The fourth-order valence-corrected chi connectivity index (χ4v) is 4.18. The largest absolute Gasteiger partial charge is 0.452 e. The van der Waals surface area contributed by atoms with Crippen LogP contribution in [0.15, 0.2) is 42.5 Å². The minimum absolute atomic E-state index is 0.299. The number of amides is 1. The summed E-state index contributed by atoms with van der Waals surface area (Å²) in [6, 6.07) is 12.6. The average Bonchev–Trinajstić information content (AvgIpc) is 3.11. The molecule has 1 amide bonds. The van der Waals surface area contributed by atoms with E-state index in [1.807, 2.05) is 31.2 Å². The Kier molecular flexibility index (Phi) is 5.93. The molecule has 0 saturated carbocycles. The molecule has 0 radical (unpaired) electrons. The summed E-state index contributed by atoms with van der Waals surface area (Å²) < 4.78 is 30.1. The van der Waals surface area contributed by atoms with Crippen LogP contribution in [0.2, 0.25) is 0 Å². The lowest BCUT2D eigenvalue weighted by Crippen LogP contribution is -2.30. The lowest BCUT2D eigenvalue weighted by molar-refractivity contribution is -0.133. The van der Waals surface area contributed by atoms with Gasteiger partial charge >= 0.3 is 5.97 Å². The van der Waals surface area contributed by atoms with Crippen molar-refractivity contribution in [1.29, 1.82) is 0 Å². The number of likely N-dealkylation sites (N-methyl/N-ethyl adjacent to an activating group) is 1. The van der Waals surface area contributed by atoms with Crippen molar-refractivity contribution in [2.45, 2.75) is 19.9 Å². The zero-order chi connectivity index (χ0) is 21.2. The zero-order valence-corrected chi connectivity index (χ0v) is 17.5. The van der Waals surface area contributed by atoms with E-state index in [9.17, 15) is 18.0 Å². The van der Waals surface area contributed by atoms with Crippen LogP contribution in [0.5, 0.6) is 0 Å². The highest BCUT2D eigenvalue weighted by atomic mass is 32.2. The predicted octanol–water partition coefficient (Wildman–Crippen LogP) is 2.13. The third-order valence-electron chi connectivity index (χ3n) is 4.86. The molecule has 29 heavy (non-hydrogen) atoms. The van der Waals surface area contributed by atoms with E-state index in [2.05, 4.69) is 0 Å². The lowest BCUT2D eigenvalue weighted by atomic mass is 10.1. The fourth-order valence-electron chi connectivity index (χ4n) is 3.22. The molecule has 2 aromatic rings. The summed E-state index contributed by atoms with van der Waals surface area (Å²) in [5.74, 6) is -0.911. The van der Waals surface area contributed by atoms with Gasteiger partial charge in [0.25, 0.3) is 5.91 Å². The molecule has 0 atom stereocenters. The number of fused-ring (bicyclic) bond motifs is 1. The molecular formula is C21H24N2O5S. The molecule has 1 aliphatic rings. The van der Waals surface area contributed by atoms with Gasteiger partial charge in [0.15, 0.2) is 6.61 Å². The maximum atomic E-state index is 12.3. The van der Waals surface area contributed by atoms with Crippen molar-refractivity contribution < 1.29 is 22.7 Å². The van der Waals surface area contributed by atoms with Crippen molar-refractivity contribution in [3.05, 3.63) is 64.7 Å². The Morgan fingerprint density at radius 1 is 1.14 bits per heavy atom. The topological polar surface area (TPSA) is 84.0 Å². The van der Waals surface area contributed by atoms with E-state index in [-0.39, 0.29) is 12.5 Å². The van der Waals surface area contributed by atoms with Crippen molar-refractivity contribution in [2.24, 2.45) is 0 Å². The van der Waals surface area contributed by atoms with Gasteiger partial charge in [0.1, 0.15) is 0 Å². The molecule has 0 unspecified atom stereocenters. The summed E-state index contributed by atoms with van der Waals surface area (Å²) in [4.78, 5) is 26.1. The summed E-state index contributed by atoms with van der Waals surface area (Å²) >= 11 is 0. The van der Waals surface area contributed by atoms with Crippen molar-refractivity contribution in [3.63, 3.8) is 0 Å². The van der Waals surface area contributed by atoms with Gasteiger partial charge < -0.3 is 9.64 Å². The smallest absolute Gasteiger partial charge is 0.338 e. The number of hydrogen-bond donors (Lipinski definition) is 0. The van der Waals surface area contributed by atoms with Gasteiger partial charge in [0.2, 0.25) is 10.0 Å². The van der Waals surface area contributed by atoms with Crippen molar-refractivity contribution in [3.8, 4) is 0 Å². The van der Waals surface area contributed by atoms with Crippen LogP contribution in [0.3, 0.4) is 0 Å². The van der Waals surface area contributed by atoms with Gasteiger partial charge in [-0.1, -0.05) is 29.8 Å². The van der Waals surface area contributed by atoms with Crippen LogP contribution >= 0.6 is 0 Å². The van der Waals surface area contributed by atoms with Crippen LogP contribution in [-0.4, -0.2) is 51.6 Å². The third-order valence-corrected chi connectivity index (χ3v) is 6.04. The molecule has 1 aliphatic heterocycles. The Morgan fingerprint density at radius 3 is 2.48 bits per heavy atom. The summed E-state index contributed by atoms with van der Waals surface area (Å²) in [5, 5.41) is 0. The Morgan fingerprint density at radius 2 is 1.83 bits per heavy atom. The van der Waals surface area contributed by atoms with Crippen LogP contribution in [0.1, 0.15) is 27.0 Å². The first-order valence-electron chi connectivity index (χ1n) is 9.22. The van der Waals surface area contributed by atoms with E-state index >= 15 is 0 Å². The summed E-state index contributed by atoms with van der Waals surface area (Å²) in [6.07, 6.45) is 1.69. The number of sulfonamides is 1. The Labute approximate surface area is 170 Å². The molecule has 0 fully saturated rings. The molecule has 0 aliphatic carbocycles. The number of anilines is 1. The molecule has 0 bridgehead atoms. The Balaban J connectivity index is 1.58. The average molecular weight is 416 g/mol. The standard InChI is InChI=1S/C21H24N2O5S/c1-15-4-6-16(7-5-15)13-22(2)20(24)14-28-21(25)18-8-9-19-17(12-18)10-11-23(19)29(3,26)27/h4-9,12H,10-11,13-14H2,1-3H3. The van der Waals surface area contributed by atoms with Crippen molar-refractivity contribution in [2.75, 3.05) is 30.8 Å². The van der Waals surface area contributed by atoms with Crippen LogP contribution in [0.25, 0.3) is 0 Å². The minimum atomic E-state index is -3.34. The quantitative estimate of drug-likeness (QED) is 0.674. The van der Waals surface area contributed by atoms with Gasteiger partial charge in [-0.3, -0.25) is 9.10 Å². The SMILES string of the molecule is Cc1ccc(CN(C)C(=O)COC(=O)c2ccc3c(c2)CCN3S(C)(=O)=O)cc1. The van der Waals surface area contributed by atoms with Crippen molar-refractivity contribution in [1.82, 2.24) is 4.90 Å². The van der Waals surface area contributed by atoms with Gasteiger partial charge in [-0.05, 0) is 42.7 Å². The second-order valence-electron chi connectivity index (χ2n) is 7.24. The van der Waals surface area contributed by atoms with Crippen LogP contribution < -0.4 is 4.31 Å². The molecule has 7 nitrogen and oxygen atoms in total. The number of nitrogens with zero attached hydrogens (tertiary/aromatic N) is 2. The summed E-state index contributed by atoms with van der Waals surface area (Å²) in [5.41, 5.74) is 3.79. The van der Waals surface area contributed by atoms with Crippen LogP contribution in [0.4, 0.5) is 5.69 Å². The minimum Gasteiger partial charge on any atom is -0.452 e. The summed E-state index contributed by atoms with van der Waals surface area (Å²) in [7, 11) is -1.68. The molecule has 3 rings (SSSR count). The number of esters is 1. The second-order valence-corrected chi connectivity index (χ2v) is 9.15. The summed E-state index contributed by atoms with van der Waals surface area (Å²) in [6.45, 7) is 2.43. The van der Waals surface area contributed by atoms with E-state index in [0.717, 1.165) is 22.9 Å². The molecular weight excluding hydrogens is 392 g/mol. The first-order valence-corrected chi connectivity index (χ1v) is 11.1. The lowest BCUT2D eigenvalue weighted by Gasteiger charge is -2.18. The molecule has 154 valence electrons. The van der Waals surface area contributed by atoms with Gasteiger partial charge in [-0.15, -0.1) is 0 Å². The van der Waals surface area contributed by atoms with Crippen LogP contribution in [-0.2, 0) is 32.5 Å². The zero-order valence-electron chi connectivity index (χ0n) is 16.7. The molecule has 0 N–H and O–H groups in total. The molecule has 1 heterocycles. The second kappa shape index (κ2) is 8.24. The first kappa shape index (κ1) is 20.9. The number of benzene rings is 2. The number of carbonyl (C=O) groups excluding carboxylic acids is 2. The highest BCUT2D eigenvalue weighted by Crippen LogP contribution is 2.30. The Bertz CT molecular complexity index is 1030. The van der Waals surface area contributed by atoms with Gasteiger partial charge in [0, 0.05) is 20.1 Å². The van der Waals surface area contributed by atoms with Crippen LogP contribution in [0, 0.1) is 6.92 Å². The number of aryl methyl sites for hydroxylation is 1. The maximum absolute atomic E-state index is 12.3. The van der Waals surface area contributed by atoms with Gasteiger partial charge in [-0.25, -0.2) is 13.2 Å². The number of hydrogen-bond acceptors (Lipinski definition) is 5. The number of ether oxygens (including phenoxy) is 1. The van der Waals surface area contributed by atoms with Crippen molar-refractivity contribution >= 4 is 27.6 Å². The maximum Gasteiger partial charge on any atom is 0.338 e. The van der Waals surface area contributed by atoms with Gasteiger partial charge in [-0.2, -0.15) is 0 Å². The molecule has 2 aromatic carbocycles. The fraction of sp³-hybridized carbons (Fsp3) is 0.333. The monoisotopic (exact) mass is 416 g/mol. The van der Waals surface area contributed by atoms with E-state index < -0.39 is 16.0 Å². The Hall–Kier alpha value is -2.87. The van der Waals surface area contributed by atoms with E-state index in [4.69, 9.17) is 4.74 Å². The van der Waals surface area contributed by atoms with E-state index in [1.54, 1.807) is 19.2 Å². The highest BCUT2D eigenvalue weighted by molar-refractivity contribution is 7.92. The number of carbonyl (C=O) groups is 2. The number of rotatable bonds is 6. The first-order chi connectivity index (χ1) is 13.6.